The summed E-state index contributed by atoms with van der Waals surface area (Å²) >= 11 is 0. The van der Waals surface area contributed by atoms with Crippen LogP contribution < -0.4 is 0 Å². The Morgan fingerprint density at radius 3 is 1.51 bits per heavy atom. The zero-order valence-corrected chi connectivity index (χ0v) is 37.9. The third kappa shape index (κ3) is 6.51. The van der Waals surface area contributed by atoms with Gasteiger partial charge in [0.15, 0.2) is 17.5 Å². The maximum atomic E-state index is 5.36. The third-order valence-corrected chi connectivity index (χ3v) is 13.9. The molecule has 0 aliphatic rings. The van der Waals surface area contributed by atoms with Crippen LogP contribution in [0, 0.1) is 0 Å². The van der Waals surface area contributed by atoms with Crippen LogP contribution in [0.2, 0.25) is 0 Å². The Kier molecular flexibility index (Phi) is 9.14. The number of rotatable bonds is 7. The van der Waals surface area contributed by atoms with Crippen LogP contribution in [0.3, 0.4) is 0 Å². The molecule has 70 heavy (non-hydrogen) atoms. The summed E-state index contributed by atoms with van der Waals surface area (Å²) in [5.41, 5.74) is 14.0. The summed E-state index contributed by atoms with van der Waals surface area (Å²) in [6.07, 6.45) is 0. The Balaban J connectivity index is 1.00. The van der Waals surface area contributed by atoms with E-state index in [1.165, 1.54) is 43.3 Å². The highest BCUT2D eigenvalue weighted by molar-refractivity contribution is 6.23. The minimum Gasteiger partial charge on any atom is -0.309 e. The smallest absolute Gasteiger partial charge is 0.164 e. The standard InChI is InChI=1S/C65H41N5/c1-4-16-42(17-5-1)43-28-30-45(31-29-43)54-39-49(33-35-58(54)70-60-37-32-44-18-12-13-25-52(44)62(60)56-38-47-21-10-11-22-48(47)41-61(56)70)64-66-63(46-19-6-2-7-20-46)67-65(68-64)50-34-36-59-55(40-50)53-26-14-15-27-57(53)69(59)51-23-8-3-9-24-51/h1-41H. The first-order valence-electron chi connectivity index (χ1n) is 23.8. The number of aromatic nitrogens is 5. The fourth-order valence-electron chi connectivity index (χ4n) is 10.6. The first kappa shape index (κ1) is 39.7. The molecule has 14 aromatic rings. The van der Waals surface area contributed by atoms with Gasteiger partial charge in [-0.2, -0.15) is 0 Å². The molecule has 14 rings (SSSR count). The minimum absolute atomic E-state index is 0.601. The quantitative estimate of drug-likeness (QED) is 0.160. The molecule has 5 heteroatoms. The Labute approximate surface area is 403 Å². The van der Waals surface area contributed by atoms with Gasteiger partial charge in [-0.05, 0) is 111 Å². The zero-order chi connectivity index (χ0) is 46.1. The number of fused-ring (bicyclic) bond motifs is 9. The van der Waals surface area contributed by atoms with Crippen LogP contribution in [0.5, 0.6) is 0 Å². The van der Waals surface area contributed by atoms with Gasteiger partial charge in [-0.15, -0.1) is 0 Å². The number of nitrogens with zero attached hydrogens (tertiary/aromatic N) is 5. The summed E-state index contributed by atoms with van der Waals surface area (Å²) in [6.45, 7) is 0. The van der Waals surface area contributed by atoms with Gasteiger partial charge in [-0.25, -0.2) is 15.0 Å². The van der Waals surface area contributed by atoms with Gasteiger partial charge in [0.25, 0.3) is 0 Å². The first-order chi connectivity index (χ1) is 34.7. The van der Waals surface area contributed by atoms with Crippen LogP contribution in [-0.4, -0.2) is 24.1 Å². The third-order valence-electron chi connectivity index (χ3n) is 13.9. The second kappa shape index (κ2) is 16.1. The number of benzene rings is 11. The summed E-state index contributed by atoms with van der Waals surface area (Å²) < 4.78 is 4.80. The van der Waals surface area contributed by atoms with Crippen molar-refractivity contribution in [3.05, 3.63) is 249 Å². The zero-order valence-electron chi connectivity index (χ0n) is 37.9. The van der Waals surface area contributed by atoms with Crippen molar-refractivity contribution in [3.8, 4) is 67.8 Å². The van der Waals surface area contributed by atoms with Gasteiger partial charge in [0, 0.05) is 49.5 Å². The van der Waals surface area contributed by atoms with Gasteiger partial charge in [-0.1, -0.05) is 176 Å². The molecule has 3 aromatic heterocycles. The van der Waals surface area contributed by atoms with Gasteiger partial charge in [0.2, 0.25) is 0 Å². The van der Waals surface area contributed by atoms with Crippen molar-refractivity contribution in [2.24, 2.45) is 0 Å². The van der Waals surface area contributed by atoms with Crippen LogP contribution in [0.15, 0.2) is 249 Å². The van der Waals surface area contributed by atoms with Crippen molar-refractivity contribution < 1.29 is 0 Å². The van der Waals surface area contributed by atoms with Gasteiger partial charge in [0.1, 0.15) is 0 Å². The molecule has 0 N–H and O–H groups in total. The van der Waals surface area contributed by atoms with Crippen molar-refractivity contribution in [2.75, 3.05) is 0 Å². The Hall–Kier alpha value is -9.45. The highest BCUT2D eigenvalue weighted by Gasteiger charge is 2.22. The average molecular weight is 892 g/mol. The molecule has 0 fully saturated rings. The van der Waals surface area contributed by atoms with Gasteiger partial charge >= 0.3 is 0 Å². The summed E-state index contributed by atoms with van der Waals surface area (Å²) in [4.78, 5) is 15.8. The van der Waals surface area contributed by atoms with Crippen molar-refractivity contribution in [3.63, 3.8) is 0 Å². The minimum atomic E-state index is 0.601. The summed E-state index contributed by atoms with van der Waals surface area (Å²) in [7, 11) is 0. The highest BCUT2D eigenvalue weighted by Crippen LogP contribution is 2.43. The largest absolute Gasteiger partial charge is 0.309 e. The van der Waals surface area contributed by atoms with E-state index >= 15 is 0 Å². The lowest BCUT2D eigenvalue weighted by molar-refractivity contribution is 1.07. The predicted molar refractivity (Wildman–Crippen MR) is 291 cm³/mol. The lowest BCUT2D eigenvalue weighted by Gasteiger charge is -2.17. The van der Waals surface area contributed by atoms with Crippen molar-refractivity contribution in [1.29, 1.82) is 0 Å². The molecule has 11 aromatic carbocycles. The van der Waals surface area contributed by atoms with E-state index in [4.69, 9.17) is 15.0 Å². The summed E-state index contributed by atoms with van der Waals surface area (Å²) in [5.74, 6) is 1.83. The highest BCUT2D eigenvalue weighted by atomic mass is 15.0. The van der Waals surface area contributed by atoms with Gasteiger partial charge < -0.3 is 9.13 Å². The molecule has 3 heterocycles. The van der Waals surface area contributed by atoms with Gasteiger partial charge in [0.05, 0.1) is 27.8 Å². The van der Waals surface area contributed by atoms with Crippen LogP contribution >= 0.6 is 0 Å². The van der Waals surface area contributed by atoms with E-state index in [1.807, 2.05) is 18.2 Å². The molecule has 0 saturated carbocycles. The Bertz CT molecular complexity index is 4330. The molecule has 0 radical (unpaired) electrons. The summed E-state index contributed by atoms with van der Waals surface area (Å²) in [6, 6.07) is 88.9. The van der Waals surface area contributed by atoms with E-state index in [2.05, 4.69) is 240 Å². The van der Waals surface area contributed by atoms with Crippen LogP contribution in [-0.2, 0) is 0 Å². The number of hydrogen-bond donors (Lipinski definition) is 0. The number of hydrogen-bond acceptors (Lipinski definition) is 3. The average Bonchev–Trinajstić information content (AvgIpc) is 3.95. The van der Waals surface area contributed by atoms with E-state index in [9.17, 15) is 0 Å². The molecule has 0 aliphatic heterocycles. The molecule has 0 atom stereocenters. The van der Waals surface area contributed by atoms with Crippen LogP contribution in [0.4, 0.5) is 0 Å². The predicted octanol–water partition coefficient (Wildman–Crippen LogP) is 16.7. The molecule has 0 saturated heterocycles. The maximum absolute atomic E-state index is 5.36. The molecular weight excluding hydrogens is 851 g/mol. The lowest BCUT2D eigenvalue weighted by atomic mass is 9.97. The Morgan fingerprint density at radius 2 is 0.771 bits per heavy atom. The molecule has 0 amide bonds. The van der Waals surface area contributed by atoms with Crippen molar-refractivity contribution >= 4 is 65.2 Å². The fourth-order valence-corrected chi connectivity index (χ4v) is 10.6. The second-order valence-corrected chi connectivity index (χ2v) is 18.0. The van der Waals surface area contributed by atoms with E-state index in [0.29, 0.717) is 17.5 Å². The topological polar surface area (TPSA) is 48.5 Å². The fraction of sp³-hybridized carbons (Fsp3) is 0. The van der Waals surface area contributed by atoms with Crippen LogP contribution in [0.1, 0.15) is 0 Å². The number of para-hydroxylation sites is 2. The first-order valence-corrected chi connectivity index (χ1v) is 23.8. The second-order valence-electron chi connectivity index (χ2n) is 18.0. The van der Waals surface area contributed by atoms with Crippen molar-refractivity contribution in [1.82, 2.24) is 24.1 Å². The molecule has 5 nitrogen and oxygen atoms in total. The van der Waals surface area contributed by atoms with E-state index in [1.54, 1.807) is 0 Å². The molecule has 0 bridgehead atoms. The molecule has 0 spiro atoms. The van der Waals surface area contributed by atoms with Crippen LogP contribution in [0.25, 0.3) is 133 Å². The SMILES string of the molecule is c1ccc(-c2ccc(-c3cc(-c4nc(-c5ccccc5)nc(-c5ccc6c(c5)c5ccccc5n6-c5ccccc5)n4)ccc3-n3c4cc5ccccc5cc4c4c5ccccc5ccc43)cc2)cc1. The summed E-state index contributed by atoms with van der Waals surface area (Å²) in [5, 5.41) is 9.64. The Morgan fingerprint density at radius 1 is 0.257 bits per heavy atom. The molecule has 326 valence electrons. The normalized spacial score (nSPS) is 11.7. The molecular formula is C65H41N5. The van der Waals surface area contributed by atoms with E-state index < -0.39 is 0 Å². The van der Waals surface area contributed by atoms with Crippen molar-refractivity contribution in [2.45, 2.75) is 0 Å². The molecule has 0 unspecified atom stereocenters. The molecule has 0 aliphatic carbocycles. The maximum Gasteiger partial charge on any atom is 0.164 e. The van der Waals surface area contributed by atoms with Gasteiger partial charge in [-0.3, -0.25) is 0 Å². The monoisotopic (exact) mass is 891 g/mol. The van der Waals surface area contributed by atoms with E-state index in [0.717, 1.165) is 72.2 Å². The van der Waals surface area contributed by atoms with E-state index in [-0.39, 0.29) is 0 Å². The lowest BCUT2D eigenvalue weighted by Crippen LogP contribution is -2.02.